The smallest absolute Gasteiger partial charge is 0.00697 e. The summed E-state index contributed by atoms with van der Waals surface area (Å²) in [6.45, 7) is 3.71. The molecular formula is C14H27N. The van der Waals surface area contributed by atoms with E-state index in [1.807, 2.05) is 0 Å². The minimum Gasteiger partial charge on any atom is -0.314 e. The minimum atomic E-state index is 0.843. The van der Waals surface area contributed by atoms with Crippen molar-refractivity contribution in [1.29, 1.82) is 0 Å². The SMILES string of the molecule is CC1CCCC(NCC2CCCCC2)C1. The molecule has 88 valence electrons. The third kappa shape index (κ3) is 3.79. The van der Waals surface area contributed by atoms with Crippen LogP contribution < -0.4 is 5.32 Å². The van der Waals surface area contributed by atoms with Gasteiger partial charge in [0.15, 0.2) is 0 Å². The summed E-state index contributed by atoms with van der Waals surface area (Å²) in [5.41, 5.74) is 0. The van der Waals surface area contributed by atoms with Gasteiger partial charge in [0, 0.05) is 6.04 Å². The van der Waals surface area contributed by atoms with E-state index in [-0.39, 0.29) is 0 Å². The molecule has 0 aromatic rings. The van der Waals surface area contributed by atoms with E-state index < -0.39 is 0 Å². The molecule has 0 radical (unpaired) electrons. The molecule has 1 nitrogen and oxygen atoms in total. The summed E-state index contributed by atoms with van der Waals surface area (Å²) >= 11 is 0. The monoisotopic (exact) mass is 209 g/mol. The fourth-order valence-electron chi connectivity index (χ4n) is 3.34. The van der Waals surface area contributed by atoms with Crippen LogP contribution in [0.1, 0.15) is 64.7 Å². The second kappa shape index (κ2) is 5.89. The molecule has 1 heteroatoms. The van der Waals surface area contributed by atoms with Crippen molar-refractivity contribution >= 4 is 0 Å². The molecule has 0 aliphatic heterocycles. The quantitative estimate of drug-likeness (QED) is 0.746. The molecule has 0 aromatic heterocycles. The van der Waals surface area contributed by atoms with Crippen LogP contribution in [-0.2, 0) is 0 Å². The van der Waals surface area contributed by atoms with E-state index in [1.54, 1.807) is 0 Å². The average molecular weight is 209 g/mol. The summed E-state index contributed by atoms with van der Waals surface area (Å²) < 4.78 is 0. The Morgan fingerprint density at radius 3 is 2.47 bits per heavy atom. The Bertz CT molecular complexity index is 172. The molecule has 0 bridgehead atoms. The van der Waals surface area contributed by atoms with Crippen LogP contribution in [0.2, 0.25) is 0 Å². The normalized spacial score (nSPS) is 34.2. The van der Waals surface area contributed by atoms with Crippen LogP contribution in [0, 0.1) is 11.8 Å². The summed E-state index contributed by atoms with van der Waals surface area (Å²) in [6.07, 6.45) is 13.2. The van der Waals surface area contributed by atoms with Gasteiger partial charge in [0.2, 0.25) is 0 Å². The van der Waals surface area contributed by atoms with E-state index in [0.29, 0.717) is 0 Å². The summed E-state index contributed by atoms with van der Waals surface area (Å²) in [5.74, 6) is 1.96. The second-order valence-electron chi connectivity index (χ2n) is 5.88. The highest BCUT2D eigenvalue weighted by Crippen LogP contribution is 2.26. The van der Waals surface area contributed by atoms with E-state index in [2.05, 4.69) is 12.2 Å². The number of rotatable bonds is 3. The van der Waals surface area contributed by atoms with Gasteiger partial charge in [0.1, 0.15) is 0 Å². The van der Waals surface area contributed by atoms with Crippen LogP contribution in [0.25, 0.3) is 0 Å². The highest BCUT2D eigenvalue weighted by molar-refractivity contribution is 4.77. The fraction of sp³-hybridized carbons (Fsp3) is 1.00. The molecule has 15 heavy (non-hydrogen) atoms. The predicted molar refractivity (Wildman–Crippen MR) is 66.0 cm³/mol. The zero-order chi connectivity index (χ0) is 10.5. The van der Waals surface area contributed by atoms with Crippen molar-refractivity contribution in [3.63, 3.8) is 0 Å². The van der Waals surface area contributed by atoms with Crippen LogP contribution in [-0.4, -0.2) is 12.6 Å². The zero-order valence-electron chi connectivity index (χ0n) is 10.3. The lowest BCUT2D eigenvalue weighted by Crippen LogP contribution is -2.37. The van der Waals surface area contributed by atoms with E-state index in [9.17, 15) is 0 Å². The first-order valence-corrected chi connectivity index (χ1v) is 7.08. The Morgan fingerprint density at radius 2 is 1.73 bits per heavy atom. The lowest BCUT2D eigenvalue weighted by Gasteiger charge is -2.30. The third-order valence-corrected chi connectivity index (χ3v) is 4.36. The molecule has 2 fully saturated rings. The van der Waals surface area contributed by atoms with Gasteiger partial charge >= 0.3 is 0 Å². The summed E-state index contributed by atoms with van der Waals surface area (Å²) in [6, 6.07) is 0.843. The zero-order valence-corrected chi connectivity index (χ0v) is 10.3. The highest BCUT2D eigenvalue weighted by atomic mass is 14.9. The Balaban J connectivity index is 1.63. The Hall–Kier alpha value is -0.0400. The van der Waals surface area contributed by atoms with E-state index in [4.69, 9.17) is 0 Å². The molecule has 0 spiro atoms. The Morgan fingerprint density at radius 1 is 0.933 bits per heavy atom. The van der Waals surface area contributed by atoms with Crippen LogP contribution in [0.4, 0.5) is 0 Å². The molecule has 0 aromatic carbocycles. The van der Waals surface area contributed by atoms with Crippen LogP contribution >= 0.6 is 0 Å². The van der Waals surface area contributed by atoms with E-state index >= 15 is 0 Å². The van der Waals surface area contributed by atoms with Crippen molar-refractivity contribution in [2.45, 2.75) is 70.8 Å². The Kier molecular flexibility index (Phi) is 4.49. The van der Waals surface area contributed by atoms with Gasteiger partial charge in [-0.3, -0.25) is 0 Å². The summed E-state index contributed by atoms with van der Waals surface area (Å²) in [5, 5.41) is 3.82. The van der Waals surface area contributed by atoms with Crippen molar-refractivity contribution in [3.05, 3.63) is 0 Å². The molecule has 0 amide bonds. The molecule has 1 N–H and O–H groups in total. The van der Waals surface area contributed by atoms with Crippen molar-refractivity contribution < 1.29 is 0 Å². The first kappa shape index (κ1) is 11.4. The molecule has 2 saturated carbocycles. The van der Waals surface area contributed by atoms with Crippen LogP contribution in [0.15, 0.2) is 0 Å². The molecule has 2 rings (SSSR count). The lowest BCUT2D eigenvalue weighted by atomic mass is 9.85. The van der Waals surface area contributed by atoms with Crippen LogP contribution in [0.5, 0.6) is 0 Å². The van der Waals surface area contributed by atoms with Gasteiger partial charge in [-0.2, -0.15) is 0 Å². The average Bonchev–Trinajstić information content (AvgIpc) is 2.28. The highest BCUT2D eigenvalue weighted by Gasteiger charge is 2.20. The van der Waals surface area contributed by atoms with E-state index in [0.717, 1.165) is 17.9 Å². The van der Waals surface area contributed by atoms with Gasteiger partial charge < -0.3 is 5.32 Å². The van der Waals surface area contributed by atoms with Crippen molar-refractivity contribution in [1.82, 2.24) is 5.32 Å². The molecule has 2 aliphatic carbocycles. The molecule has 0 saturated heterocycles. The van der Waals surface area contributed by atoms with Gasteiger partial charge in [0.05, 0.1) is 0 Å². The molecule has 2 aliphatic rings. The Labute approximate surface area is 95.0 Å². The topological polar surface area (TPSA) is 12.0 Å². The maximum absolute atomic E-state index is 3.82. The van der Waals surface area contributed by atoms with Crippen molar-refractivity contribution in [2.24, 2.45) is 11.8 Å². The molecule has 2 unspecified atom stereocenters. The van der Waals surface area contributed by atoms with Crippen molar-refractivity contribution in [3.8, 4) is 0 Å². The van der Waals surface area contributed by atoms with Crippen molar-refractivity contribution in [2.75, 3.05) is 6.54 Å². The van der Waals surface area contributed by atoms with Gasteiger partial charge in [-0.05, 0) is 44.1 Å². The van der Waals surface area contributed by atoms with Crippen LogP contribution in [0.3, 0.4) is 0 Å². The van der Waals surface area contributed by atoms with Gasteiger partial charge in [-0.15, -0.1) is 0 Å². The lowest BCUT2D eigenvalue weighted by molar-refractivity contribution is 0.268. The van der Waals surface area contributed by atoms with E-state index in [1.165, 1.54) is 64.3 Å². The summed E-state index contributed by atoms with van der Waals surface area (Å²) in [4.78, 5) is 0. The number of hydrogen-bond acceptors (Lipinski definition) is 1. The number of hydrogen-bond donors (Lipinski definition) is 1. The maximum atomic E-state index is 3.82. The minimum absolute atomic E-state index is 0.843. The standard InChI is InChI=1S/C14H27N/c1-12-6-5-9-14(10-12)15-11-13-7-3-2-4-8-13/h12-15H,2-11H2,1H3. The fourth-order valence-corrected chi connectivity index (χ4v) is 3.34. The second-order valence-corrected chi connectivity index (χ2v) is 5.88. The van der Waals surface area contributed by atoms with Gasteiger partial charge in [-0.1, -0.05) is 39.0 Å². The maximum Gasteiger partial charge on any atom is 0.00697 e. The van der Waals surface area contributed by atoms with Gasteiger partial charge in [-0.25, -0.2) is 0 Å². The third-order valence-electron chi connectivity index (χ3n) is 4.36. The largest absolute Gasteiger partial charge is 0.314 e. The number of nitrogens with one attached hydrogen (secondary N) is 1. The first-order chi connectivity index (χ1) is 7.34. The molecule has 2 atom stereocenters. The predicted octanol–water partition coefficient (Wildman–Crippen LogP) is 3.74. The molecule has 0 heterocycles. The summed E-state index contributed by atoms with van der Waals surface area (Å²) in [7, 11) is 0. The van der Waals surface area contributed by atoms with Gasteiger partial charge in [0.25, 0.3) is 0 Å². The molecular weight excluding hydrogens is 182 g/mol. The first-order valence-electron chi connectivity index (χ1n) is 7.08.